The van der Waals surface area contributed by atoms with Crippen LogP contribution in [0.4, 0.5) is 0 Å². The number of ether oxygens (including phenoxy) is 2. The monoisotopic (exact) mass is 365 g/mol. The van der Waals surface area contributed by atoms with Crippen LogP contribution in [0.5, 0.6) is 11.5 Å². The van der Waals surface area contributed by atoms with Crippen molar-refractivity contribution in [2.75, 3.05) is 13.3 Å². The van der Waals surface area contributed by atoms with Gasteiger partial charge in [-0.05, 0) is 40.3 Å². The average molecular weight is 365 g/mol. The first kappa shape index (κ1) is 15.9. The van der Waals surface area contributed by atoms with Crippen LogP contribution >= 0.6 is 11.3 Å². The number of benzene rings is 2. The molecule has 3 aromatic rings. The molecule has 132 valence electrons. The molecule has 26 heavy (non-hydrogen) atoms. The molecular weight excluding hydrogens is 346 g/mol. The minimum Gasteiger partial charge on any atom is -0.454 e. The third kappa shape index (κ3) is 2.60. The predicted octanol–water partition coefficient (Wildman–Crippen LogP) is 3.73. The number of aliphatic hydroxyl groups is 1. The van der Waals surface area contributed by atoms with Crippen molar-refractivity contribution in [2.45, 2.75) is 18.7 Å². The van der Waals surface area contributed by atoms with Crippen LogP contribution in [-0.2, 0) is 18.7 Å². The maximum absolute atomic E-state index is 11.7. The van der Waals surface area contributed by atoms with Crippen LogP contribution in [0.3, 0.4) is 0 Å². The van der Waals surface area contributed by atoms with Gasteiger partial charge in [-0.1, -0.05) is 36.4 Å². The van der Waals surface area contributed by atoms with Crippen molar-refractivity contribution in [3.8, 4) is 11.5 Å². The number of fused-ring (bicyclic) bond motifs is 2. The molecule has 0 spiro atoms. The van der Waals surface area contributed by atoms with E-state index in [1.165, 1.54) is 11.1 Å². The lowest BCUT2D eigenvalue weighted by atomic mass is 9.86. The van der Waals surface area contributed by atoms with Crippen LogP contribution in [0.2, 0.25) is 0 Å². The highest BCUT2D eigenvalue weighted by molar-refractivity contribution is 7.10. The Morgan fingerprint density at radius 1 is 1.04 bits per heavy atom. The maximum Gasteiger partial charge on any atom is 0.231 e. The molecule has 2 aliphatic rings. The van der Waals surface area contributed by atoms with Gasteiger partial charge in [0.05, 0.1) is 0 Å². The third-order valence-electron chi connectivity index (χ3n) is 5.07. The molecule has 0 fully saturated rings. The van der Waals surface area contributed by atoms with E-state index >= 15 is 0 Å². The Balaban J connectivity index is 1.52. The van der Waals surface area contributed by atoms with Crippen molar-refractivity contribution in [1.82, 2.24) is 4.90 Å². The van der Waals surface area contributed by atoms with Gasteiger partial charge in [-0.25, -0.2) is 0 Å². The number of hydrogen-bond donors (Lipinski definition) is 1. The van der Waals surface area contributed by atoms with Crippen LogP contribution in [0.25, 0.3) is 0 Å². The second kappa shape index (κ2) is 6.13. The number of rotatable bonds is 3. The van der Waals surface area contributed by atoms with Crippen molar-refractivity contribution in [3.05, 3.63) is 81.5 Å². The summed E-state index contributed by atoms with van der Waals surface area (Å²) in [6.45, 7) is 2.44. The van der Waals surface area contributed by atoms with Gasteiger partial charge >= 0.3 is 0 Å². The molecule has 0 saturated heterocycles. The summed E-state index contributed by atoms with van der Waals surface area (Å²) in [4.78, 5) is 3.33. The van der Waals surface area contributed by atoms with Crippen molar-refractivity contribution in [2.24, 2.45) is 0 Å². The average Bonchev–Trinajstić information content (AvgIpc) is 3.31. The fourth-order valence-electron chi connectivity index (χ4n) is 3.84. The Bertz CT molecular complexity index is 939. The lowest BCUT2D eigenvalue weighted by Gasteiger charge is -2.39. The first-order chi connectivity index (χ1) is 12.7. The molecule has 0 bridgehead atoms. The van der Waals surface area contributed by atoms with Crippen molar-refractivity contribution >= 4 is 11.3 Å². The summed E-state index contributed by atoms with van der Waals surface area (Å²) in [6.07, 6.45) is 0. The molecule has 1 N–H and O–H groups in total. The van der Waals surface area contributed by atoms with Crippen LogP contribution in [-0.4, -0.2) is 23.3 Å². The van der Waals surface area contributed by atoms with Gasteiger partial charge in [0.2, 0.25) is 6.79 Å². The maximum atomic E-state index is 11.7. The topological polar surface area (TPSA) is 41.9 Å². The molecule has 1 unspecified atom stereocenters. The van der Waals surface area contributed by atoms with E-state index in [1.54, 1.807) is 11.3 Å². The summed E-state index contributed by atoms with van der Waals surface area (Å²) in [6, 6.07) is 18.3. The summed E-state index contributed by atoms with van der Waals surface area (Å²) in [7, 11) is 0. The van der Waals surface area contributed by atoms with Gasteiger partial charge in [0.25, 0.3) is 0 Å². The minimum atomic E-state index is -1.04. The Morgan fingerprint density at radius 3 is 2.77 bits per heavy atom. The molecule has 3 heterocycles. The van der Waals surface area contributed by atoms with Crippen LogP contribution in [0, 0.1) is 0 Å². The second-order valence-corrected chi connectivity index (χ2v) is 7.75. The fraction of sp³-hybridized carbons (Fsp3) is 0.238. The molecule has 2 aliphatic heterocycles. The number of nitrogens with zero attached hydrogens (tertiary/aromatic N) is 1. The molecule has 2 aromatic carbocycles. The van der Waals surface area contributed by atoms with Crippen LogP contribution < -0.4 is 9.47 Å². The zero-order valence-electron chi connectivity index (χ0n) is 14.2. The van der Waals surface area contributed by atoms with Gasteiger partial charge in [0, 0.05) is 24.5 Å². The smallest absolute Gasteiger partial charge is 0.231 e. The molecule has 0 amide bonds. The Morgan fingerprint density at radius 2 is 1.88 bits per heavy atom. The van der Waals surface area contributed by atoms with Gasteiger partial charge in [0.1, 0.15) is 5.60 Å². The number of β-amino-alcohol motifs (C(OH)–C–C–N with tert-alkyl or cyclic N) is 1. The SMILES string of the molecule is OC1(c2ccc3c(c2)OCO3)CN(Cc2ccccc2)Cc2ccsc21. The Hall–Kier alpha value is -2.34. The number of hydrogen-bond acceptors (Lipinski definition) is 5. The van der Waals surface area contributed by atoms with Gasteiger partial charge in [-0.3, -0.25) is 4.90 Å². The summed E-state index contributed by atoms with van der Waals surface area (Å²) < 4.78 is 10.9. The summed E-state index contributed by atoms with van der Waals surface area (Å²) in [5, 5.41) is 13.8. The van der Waals surface area contributed by atoms with E-state index in [2.05, 4.69) is 40.6 Å². The quantitative estimate of drug-likeness (QED) is 0.768. The van der Waals surface area contributed by atoms with Gasteiger partial charge in [-0.2, -0.15) is 0 Å². The standard InChI is InChI=1S/C21H19NO3S/c23-21(17-6-7-18-19(10-17)25-14-24-18)13-22(11-15-4-2-1-3-5-15)12-16-8-9-26-20(16)21/h1-10,23H,11-14H2. The highest BCUT2D eigenvalue weighted by Gasteiger charge is 2.41. The minimum absolute atomic E-state index is 0.238. The second-order valence-electron chi connectivity index (χ2n) is 6.83. The largest absolute Gasteiger partial charge is 0.454 e. The molecule has 0 aliphatic carbocycles. The molecule has 5 heteroatoms. The van der Waals surface area contributed by atoms with Gasteiger partial charge < -0.3 is 14.6 Å². The van der Waals surface area contributed by atoms with E-state index in [0.29, 0.717) is 12.3 Å². The van der Waals surface area contributed by atoms with Gasteiger partial charge in [0.15, 0.2) is 11.5 Å². The van der Waals surface area contributed by atoms with Gasteiger partial charge in [-0.15, -0.1) is 11.3 Å². The zero-order chi connectivity index (χ0) is 17.6. The normalized spacial score (nSPS) is 21.6. The molecular formula is C21H19NO3S. The summed E-state index contributed by atoms with van der Waals surface area (Å²) >= 11 is 1.62. The van der Waals surface area contributed by atoms with E-state index < -0.39 is 5.60 Å². The zero-order valence-corrected chi connectivity index (χ0v) is 15.0. The number of thiophene rings is 1. The molecule has 4 nitrogen and oxygen atoms in total. The highest BCUT2D eigenvalue weighted by Crippen LogP contribution is 2.44. The molecule has 0 radical (unpaired) electrons. The van der Waals surface area contributed by atoms with Crippen molar-refractivity contribution in [3.63, 3.8) is 0 Å². The predicted molar refractivity (Wildman–Crippen MR) is 100 cm³/mol. The van der Waals surface area contributed by atoms with E-state index in [-0.39, 0.29) is 6.79 Å². The molecule has 1 aromatic heterocycles. The van der Waals surface area contributed by atoms with Crippen molar-refractivity contribution < 1.29 is 14.6 Å². The molecule has 1 atom stereocenters. The van der Waals surface area contributed by atoms with Crippen molar-refractivity contribution in [1.29, 1.82) is 0 Å². The van der Waals surface area contributed by atoms with E-state index in [1.807, 2.05) is 24.3 Å². The van der Waals surface area contributed by atoms with Crippen LogP contribution in [0.15, 0.2) is 60.0 Å². The van der Waals surface area contributed by atoms with E-state index in [4.69, 9.17) is 9.47 Å². The Kier molecular flexibility index (Phi) is 3.74. The Labute approximate surface area is 156 Å². The summed E-state index contributed by atoms with van der Waals surface area (Å²) in [5.74, 6) is 1.44. The third-order valence-corrected chi connectivity index (χ3v) is 6.18. The molecule has 5 rings (SSSR count). The lowest BCUT2D eigenvalue weighted by Crippen LogP contribution is -2.45. The van der Waals surface area contributed by atoms with Crippen LogP contribution in [0.1, 0.15) is 21.6 Å². The lowest BCUT2D eigenvalue weighted by molar-refractivity contribution is 0.0189. The molecule has 0 saturated carbocycles. The highest BCUT2D eigenvalue weighted by atomic mass is 32.1. The van der Waals surface area contributed by atoms with E-state index in [9.17, 15) is 5.11 Å². The van der Waals surface area contributed by atoms with E-state index in [0.717, 1.165) is 29.3 Å². The fourth-order valence-corrected chi connectivity index (χ4v) is 4.87. The first-order valence-corrected chi connectivity index (χ1v) is 9.56. The first-order valence-electron chi connectivity index (χ1n) is 8.68. The summed E-state index contributed by atoms with van der Waals surface area (Å²) in [5.41, 5.74) is 2.25.